The number of carbonyl (C=O) groups excluding carboxylic acids is 3. The van der Waals surface area contributed by atoms with E-state index in [9.17, 15) is 14.4 Å². The Balaban J connectivity index is 4.43. The van der Waals surface area contributed by atoms with E-state index < -0.39 is 6.10 Å². The molecular formula is C75H118O6. The Morgan fingerprint density at radius 2 is 0.481 bits per heavy atom. The molecule has 0 amide bonds. The fourth-order valence-corrected chi connectivity index (χ4v) is 8.40. The van der Waals surface area contributed by atoms with Gasteiger partial charge in [-0.2, -0.15) is 0 Å². The Kier molecular flexibility index (Phi) is 62.9. The maximum atomic E-state index is 12.9. The second kappa shape index (κ2) is 67.3. The molecule has 0 saturated carbocycles. The molecule has 0 aliphatic rings. The lowest BCUT2D eigenvalue weighted by Gasteiger charge is -2.18. The van der Waals surface area contributed by atoms with Crippen LogP contribution in [0.2, 0.25) is 0 Å². The van der Waals surface area contributed by atoms with Gasteiger partial charge in [0.2, 0.25) is 0 Å². The van der Waals surface area contributed by atoms with Crippen molar-refractivity contribution >= 4 is 17.9 Å². The van der Waals surface area contributed by atoms with Crippen molar-refractivity contribution < 1.29 is 28.6 Å². The first-order chi connectivity index (χ1) is 40.0. The van der Waals surface area contributed by atoms with E-state index in [1.807, 2.05) is 0 Å². The summed E-state index contributed by atoms with van der Waals surface area (Å²) >= 11 is 0. The molecule has 0 aliphatic carbocycles. The topological polar surface area (TPSA) is 78.9 Å². The van der Waals surface area contributed by atoms with Crippen LogP contribution in [-0.4, -0.2) is 37.2 Å². The van der Waals surface area contributed by atoms with Crippen molar-refractivity contribution in [3.63, 3.8) is 0 Å². The molecular weight excluding hydrogens is 997 g/mol. The van der Waals surface area contributed by atoms with Gasteiger partial charge in [-0.25, -0.2) is 0 Å². The third kappa shape index (κ3) is 65.5. The van der Waals surface area contributed by atoms with Crippen LogP contribution in [0.3, 0.4) is 0 Å². The van der Waals surface area contributed by atoms with Gasteiger partial charge in [0.15, 0.2) is 6.10 Å². The average Bonchev–Trinajstić information content (AvgIpc) is 3.47. The van der Waals surface area contributed by atoms with E-state index >= 15 is 0 Å². The lowest BCUT2D eigenvalue weighted by atomic mass is 10.0. The van der Waals surface area contributed by atoms with E-state index in [2.05, 4.69) is 191 Å². The largest absolute Gasteiger partial charge is 0.462 e. The number of unbranched alkanes of at least 4 members (excludes halogenated alkanes) is 18. The summed E-state index contributed by atoms with van der Waals surface area (Å²) in [4.78, 5) is 38.3. The maximum absolute atomic E-state index is 12.9. The van der Waals surface area contributed by atoms with Crippen molar-refractivity contribution in [1.82, 2.24) is 0 Å². The summed E-state index contributed by atoms with van der Waals surface area (Å²) in [6, 6.07) is 0. The van der Waals surface area contributed by atoms with Crippen LogP contribution in [0.25, 0.3) is 0 Å². The van der Waals surface area contributed by atoms with E-state index in [1.165, 1.54) is 77.0 Å². The molecule has 0 aliphatic heterocycles. The maximum Gasteiger partial charge on any atom is 0.306 e. The first kappa shape index (κ1) is 75.8. The number of hydrogen-bond acceptors (Lipinski definition) is 6. The fourth-order valence-electron chi connectivity index (χ4n) is 8.40. The number of carbonyl (C=O) groups is 3. The number of ether oxygens (including phenoxy) is 3. The average molecular weight is 1120 g/mol. The van der Waals surface area contributed by atoms with Gasteiger partial charge >= 0.3 is 17.9 Å². The normalized spacial score (nSPS) is 13.3. The van der Waals surface area contributed by atoms with Crippen LogP contribution in [0, 0.1) is 0 Å². The van der Waals surface area contributed by atoms with Crippen molar-refractivity contribution in [2.75, 3.05) is 13.2 Å². The molecule has 0 radical (unpaired) electrons. The van der Waals surface area contributed by atoms with E-state index in [0.29, 0.717) is 19.3 Å². The zero-order chi connectivity index (χ0) is 58.5. The second-order valence-electron chi connectivity index (χ2n) is 20.9. The molecule has 0 aromatic carbocycles. The van der Waals surface area contributed by atoms with Crippen molar-refractivity contribution in [3.05, 3.63) is 170 Å². The summed E-state index contributed by atoms with van der Waals surface area (Å²) in [6.07, 6.45) is 99.4. The Hall–Kier alpha value is -5.23. The molecule has 1 unspecified atom stereocenters. The van der Waals surface area contributed by atoms with E-state index in [-0.39, 0.29) is 44.0 Å². The predicted molar refractivity (Wildman–Crippen MR) is 352 cm³/mol. The molecule has 0 aromatic heterocycles. The van der Waals surface area contributed by atoms with Crippen molar-refractivity contribution in [1.29, 1.82) is 0 Å². The standard InChI is InChI=1S/C75H118O6/c1-4-7-10-13-16-19-22-25-28-29-30-31-32-33-34-35-36-37-38-39-40-41-42-43-44-45-48-50-53-56-59-62-65-68-74(77)80-71-72(81-75(78)69-66-63-60-57-54-51-47-27-24-21-18-15-12-9-6-3)70-79-73(76)67-64-61-58-55-52-49-46-26-23-20-17-14-11-8-5-2/h7,9-10,12,16,18-19,21,25,27-28,30-31,33-34,36-37,39-40,42-43,45,47-48,53-54,56-57,72H,4-6,8,11,13-15,17,20,22-24,26,29,32,35,38,41,44,46,49-52,55,58-71H2,1-3H3/b10-7-,12-9-,19-16-,21-18-,28-25-,31-30-,34-33-,37-36-,40-39-,43-42-,47-27-,48-45-,56-53-,57-54-. The van der Waals surface area contributed by atoms with Crippen LogP contribution in [0.15, 0.2) is 170 Å². The quantitative estimate of drug-likeness (QED) is 0.0261. The van der Waals surface area contributed by atoms with E-state index in [4.69, 9.17) is 14.2 Å². The van der Waals surface area contributed by atoms with E-state index in [0.717, 1.165) is 135 Å². The number of hydrogen-bond donors (Lipinski definition) is 0. The highest BCUT2D eigenvalue weighted by molar-refractivity contribution is 5.71. The van der Waals surface area contributed by atoms with Gasteiger partial charge in [0.05, 0.1) is 0 Å². The van der Waals surface area contributed by atoms with Crippen LogP contribution < -0.4 is 0 Å². The minimum Gasteiger partial charge on any atom is -0.462 e. The molecule has 1 atom stereocenters. The van der Waals surface area contributed by atoms with Gasteiger partial charge in [0.1, 0.15) is 13.2 Å². The predicted octanol–water partition coefficient (Wildman–Crippen LogP) is 22.7. The molecule has 454 valence electrons. The first-order valence-electron chi connectivity index (χ1n) is 32.6. The molecule has 0 rings (SSSR count). The molecule has 0 bridgehead atoms. The summed E-state index contributed by atoms with van der Waals surface area (Å²) in [5.41, 5.74) is 0. The highest BCUT2D eigenvalue weighted by Gasteiger charge is 2.19. The SMILES string of the molecule is CC/C=C\C/C=C\C/C=C\C/C=C\C/C=C\C/C=C\C/C=C\C/C=C\C/C=C\C/C=C\CCCCC(=O)OCC(COC(=O)CCCCCCCCCCCCCCCCC)OC(=O)CCCC/C=C\C/C=C\C/C=C\C/C=C\CC. The Labute approximate surface area is 498 Å². The first-order valence-corrected chi connectivity index (χ1v) is 32.6. The van der Waals surface area contributed by atoms with Crippen molar-refractivity contribution in [3.8, 4) is 0 Å². The summed E-state index contributed by atoms with van der Waals surface area (Å²) in [6.45, 7) is 6.34. The molecule has 0 fully saturated rings. The zero-order valence-electron chi connectivity index (χ0n) is 52.0. The van der Waals surface area contributed by atoms with Gasteiger partial charge in [0.25, 0.3) is 0 Å². The molecule has 0 aromatic rings. The number of rotatable bonds is 57. The Bertz CT molecular complexity index is 1860. The third-order valence-corrected chi connectivity index (χ3v) is 13.2. The monoisotopic (exact) mass is 1110 g/mol. The van der Waals surface area contributed by atoms with Gasteiger partial charge in [-0.05, 0) is 135 Å². The molecule has 6 heteroatoms. The van der Waals surface area contributed by atoms with Crippen molar-refractivity contribution in [2.45, 2.75) is 271 Å². The fraction of sp³-hybridized carbons (Fsp3) is 0.587. The highest BCUT2D eigenvalue weighted by Crippen LogP contribution is 2.15. The minimum absolute atomic E-state index is 0.113. The smallest absolute Gasteiger partial charge is 0.306 e. The van der Waals surface area contributed by atoms with Crippen LogP contribution in [0.4, 0.5) is 0 Å². The molecule has 0 heterocycles. The summed E-state index contributed by atoms with van der Waals surface area (Å²) < 4.78 is 16.8. The minimum atomic E-state index is -0.825. The van der Waals surface area contributed by atoms with Gasteiger partial charge in [0, 0.05) is 19.3 Å². The Morgan fingerprint density at radius 3 is 0.753 bits per heavy atom. The van der Waals surface area contributed by atoms with Crippen LogP contribution in [-0.2, 0) is 28.6 Å². The summed E-state index contributed by atoms with van der Waals surface area (Å²) in [5.74, 6) is -1.00. The van der Waals surface area contributed by atoms with Crippen molar-refractivity contribution in [2.24, 2.45) is 0 Å². The van der Waals surface area contributed by atoms with Crippen LogP contribution in [0.1, 0.15) is 265 Å². The molecule has 0 saturated heterocycles. The lowest BCUT2D eigenvalue weighted by molar-refractivity contribution is -0.167. The number of esters is 3. The Morgan fingerprint density at radius 1 is 0.259 bits per heavy atom. The highest BCUT2D eigenvalue weighted by atomic mass is 16.6. The van der Waals surface area contributed by atoms with Gasteiger partial charge in [-0.15, -0.1) is 0 Å². The summed E-state index contributed by atoms with van der Waals surface area (Å²) in [5, 5.41) is 0. The lowest BCUT2D eigenvalue weighted by Crippen LogP contribution is -2.30. The summed E-state index contributed by atoms with van der Waals surface area (Å²) in [7, 11) is 0. The molecule has 81 heavy (non-hydrogen) atoms. The van der Waals surface area contributed by atoms with Gasteiger partial charge in [-0.1, -0.05) is 281 Å². The number of allylic oxidation sites excluding steroid dienone is 28. The van der Waals surface area contributed by atoms with E-state index in [1.54, 1.807) is 0 Å². The molecule has 0 N–H and O–H groups in total. The zero-order valence-corrected chi connectivity index (χ0v) is 52.0. The van der Waals surface area contributed by atoms with Crippen LogP contribution >= 0.6 is 0 Å². The van der Waals surface area contributed by atoms with Crippen LogP contribution in [0.5, 0.6) is 0 Å². The van der Waals surface area contributed by atoms with Gasteiger partial charge in [-0.3, -0.25) is 14.4 Å². The molecule has 0 spiro atoms. The van der Waals surface area contributed by atoms with Gasteiger partial charge < -0.3 is 14.2 Å². The molecule has 6 nitrogen and oxygen atoms in total. The second-order valence-corrected chi connectivity index (χ2v) is 20.9. The third-order valence-electron chi connectivity index (χ3n) is 13.2.